The molecule has 5 nitrogen and oxygen atoms in total. The molecule has 14 atom stereocenters. The van der Waals surface area contributed by atoms with Crippen molar-refractivity contribution in [2.45, 2.75) is 109 Å². The Hall–Kier alpha value is -0.200. The van der Waals surface area contributed by atoms with Gasteiger partial charge in [0.15, 0.2) is 5.79 Å². The van der Waals surface area contributed by atoms with Crippen LogP contribution in [0.25, 0.3) is 0 Å². The van der Waals surface area contributed by atoms with E-state index in [2.05, 4.69) is 27.7 Å². The molecule has 1 spiro atoms. The Morgan fingerprint density at radius 3 is 2.28 bits per heavy atom. The van der Waals surface area contributed by atoms with Crippen molar-refractivity contribution in [1.82, 2.24) is 0 Å². The Morgan fingerprint density at radius 2 is 1.56 bits per heavy atom. The molecule has 0 radical (unpaired) electrons. The van der Waals surface area contributed by atoms with E-state index < -0.39 is 12.2 Å². The number of rotatable bonds is 0. The number of hydrogen-bond acceptors (Lipinski definition) is 5. The monoisotopic (exact) mass is 448 g/mol. The fourth-order valence-electron chi connectivity index (χ4n) is 10.3. The van der Waals surface area contributed by atoms with Crippen molar-refractivity contribution in [1.29, 1.82) is 0 Å². The van der Waals surface area contributed by atoms with Crippen LogP contribution >= 0.6 is 0 Å². The molecule has 0 unspecified atom stereocenters. The summed E-state index contributed by atoms with van der Waals surface area (Å²) in [5, 5.41) is 32.1. The van der Waals surface area contributed by atoms with E-state index in [1.54, 1.807) is 0 Å². The summed E-state index contributed by atoms with van der Waals surface area (Å²) >= 11 is 0. The van der Waals surface area contributed by atoms with Crippen molar-refractivity contribution < 1.29 is 24.8 Å². The molecular formula is C27H44O5. The van der Waals surface area contributed by atoms with Crippen molar-refractivity contribution >= 4 is 0 Å². The smallest absolute Gasteiger partial charge is 0.171 e. The van der Waals surface area contributed by atoms with Gasteiger partial charge >= 0.3 is 0 Å². The molecule has 0 aromatic heterocycles. The van der Waals surface area contributed by atoms with E-state index in [-0.39, 0.29) is 34.7 Å². The van der Waals surface area contributed by atoms with Crippen molar-refractivity contribution in [3.05, 3.63) is 0 Å². The molecular weight excluding hydrogens is 404 g/mol. The molecule has 3 N–H and O–H groups in total. The molecule has 0 bridgehead atoms. The number of ether oxygens (including phenoxy) is 2. The molecule has 2 heterocycles. The minimum atomic E-state index is -0.692. The van der Waals surface area contributed by atoms with Gasteiger partial charge in [0, 0.05) is 12.3 Å². The third-order valence-electron chi connectivity index (χ3n) is 12.0. The Morgan fingerprint density at radius 1 is 0.781 bits per heavy atom. The molecule has 2 aliphatic heterocycles. The van der Waals surface area contributed by atoms with Crippen molar-refractivity contribution in [2.24, 2.45) is 52.3 Å². The van der Waals surface area contributed by atoms with Crippen LogP contribution in [0.15, 0.2) is 0 Å². The van der Waals surface area contributed by atoms with Gasteiger partial charge in [-0.15, -0.1) is 0 Å². The molecule has 5 heteroatoms. The lowest BCUT2D eigenvalue weighted by Crippen LogP contribution is -2.61. The second-order valence-corrected chi connectivity index (χ2v) is 13.4. The second kappa shape index (κ2) is 7.16. The highest BCUT2D eigenvalue weighted by Gasteiger charge is 2.70. The lowest BCUT2D eigenvalue weighted by atomic mass is 9.43. The Balaban J connectivity index is 1.28. The number of aliphatic hydroxyl groups excluding tert-OH is 3. The molecule has 4 aliphatic carbocycles. The van der Waals surface area contributed by atoms with Crippen LogP contribution in [0.3, 0.4) is 0 Å². The minimum Gasteiger partial charge on any atom is -0.393 e. The lowest BCUT2D eigenvalue weighted by Gasteiger charge is -2.62. The maximum Gasteiger partial charge on any atom is 0.171 e. The van der Waals surface area contributed by atoms with E-state index >= 15 is 0 Å². The zero-order valence-corrected chi connectivity index (χ0v) is 20.4. The number of hydrogen-bond donors (Lipinski definition) is 3. The standard InChI is InChI=1S/C27H44O5/c1-14-5-8-27(31-13-14)15(2)24-23(32-27)11-18-16-9-20(28)19-10-21(29)22(30)12-26(19,4)17(16)6-7-25(18,24)3/h14-24,28-30H,5-13H2,1-4H3/t14-,15+,16-,17+,18-,19-,20-,21-,22-,23+,24+,25+,26-,27-/m1/s1. The summed E-state index contributed by atoms with van der Waals surface area (Å²) in [6.07, 6.45) is 6.22. The maximum absolute atomic E-state index is 11.3. The van der Waals surface area contributed by atoms with Gasteiger partial charge in [-0.05, 0) is 91.3 Å². The summed E-state index contributed by atoms with van der Waals surface area (Å²) in [4.78, 5) is 0. The molecule has 6 aliphatic rings. The first-order valence-corrected chi connectivity index (χ1v) is 13.4. The van der Waals surface area contributed by atoms with Gasteiger partial charge in [-0.3, -0.25) is 0 Å². The fourth-order valence-corrected chi connectivity index (χ4v) is 10.3. The predicted octanol–water partition coefficient (Wildman–Crippen LogP) is 3.74. The third kappa shape index (κ3) is 2.81. The summed E-state index contributed by atoms with van der Waals surface area (Å²) < 4.78 is 13.3. The van der Waals surface area contributed by atoms with E-state index in [1.165, 1.54) is 19.3 Å². The predicted molar refractivity (Wildman–Crippen MR) is 121 cm³/mol. The van der Waals surface area contributed by atoms with E-state index in [0.29, 0.717) is 48.3 Å². The lowest BCUT2D eigenvalue weighted by molar-refractivity contribution is -0.273. The van der Waals surface area contributed by atoms with E-state index in [0.717, 1.165) is 25.9 Å². The van der Waals surface area contributed by atoms with Crippen LogP contribution in [0.4, 0.5) is 0 Å². The first kappa shape index (κ1) is 22.3. The van der Waals surface area contributed by atoms with Gasteiger partial charge in [0.2, 0.25) is 0 Å². The normalized spacial score (nSPS) is 64.0. The summed E-state index contributed by atoms with van der Waals surface area (Å²) in [6.45, 7) is 10.3. The third-order valence-corrected chi connectivity index (χ3v) is 12.0. The average molecular weight is 449 g/mol. The van der Waals surface area contributed by atoms with Gasteiger partial charge in [-0.2, -0.15) is 0 Å². The highest BCUT2D eigenvalue weighted by molar-refractivity contribution is 5.16. The van der Waals surface area contributed by atoms with Gasteiger partial charge in [0.25, 0.3) is 0 Å². The van der Waals surface area contributed by atoms with E-state index in [9.17, 15) is 15.3 Å². The molecule has 6 rings (SSSR count). The molecule has 0 aromatic carbocycles. The van der Waals surface area contributed by atoms with Gasteiger partial charge < -0.3 is 24.8 Å². The Labute approximate surface area is 193 Å². The summed E-state index contributed by atoms with van der Waals surface area (Å²) in [6, 6.07) is 0. The summed E-state index contributed by atoms with van der Waals surface area (Å²) in [5.74, 6) is 2.86. The summed E-state index contributed by atoms with van der Waals surface area (Å²) in [5.41, 5.74) is 0.146. The highest BCUT2D eigenvalue weighted by atomic mass is 16.7. The van der Waals surface area contributed by atoms with Crippen LogP contribution < -0.4 is 0 Å². The topological polar surface area (TPSA) is 79.2 Å². The van der Waals surface area contributed by atoms with Crippen LogP contribution in [0.5, 0.6) is 0 Å². The van der Waals surface area contributed by atoms with Crippen LogP contribution in [0.2, 0.25) is 0 Å². The van der Waals surface area contributed by atoms with Crippen molar-refractivity contribution in [3.63, 3.8) is 0 Å². The van der Waals surface area contributed by atoms with Gasteiger partial charge in [0.05, 0.1) is 31.0 Å². The second-order valence-electron chi connectivity index (χ2n) is 13.4. The molecule has 182 valence electrons. The van der Waals surface area contributed by atoms with E-state index in [4.69, 9.17) is 9.47 Å². The van der Waals surface area contributed by atoms with Crippen LogP contribution in [-0.2, 0) is 9.47 Å². The fraction of sp³-hybridized carbons (Fsp3) is 1.00. The highest BCUT2D eigenvalue weighted by Crippen LogP contribution is 2.71. The molecule has 6 fully saturated rings. The first-order chi connectivity index (χ1) is 15.1. The van der Waals surface area contributed by atoms with Crippen LogP contribution in [-0.4, -0.2) is 52.1 Å². The zero-order valence-electron chi connectivity index (χ0n) is 20.4. The van der Waals surface area contributed by atoms with Crippen LogP contribution in [0, 0.1) is 52.3 Å². The van der Waals surface area contributed by atoms with E-state index in [1.807, 2.05) is 0 Å². The largest absolute Gasteiger partial charge is 0.393 e. The Bertz CT molecular complexity index is 748. The number of fused-ring (bicyclic) bond motifs is 7. The molecule has 0 aromatic rings. The SMILES string of the molecule is C[C@@H]1CC[C@@]2(OC1)O[C@H]1C[C@@H]3[C@@H]4C[C@@H](O)[C@H]5C[C@@H](O)[C@H](O)C[C@]5(C)[C@H]4CC[C@]3(C)[C@H]1[C@@H]2C. The quantitative estimate of drug-likeness (QED) is 0.526. The zero-order chi connectivity index (χ0) is 22.6. The molecule has 2 saturated heterocycles. The molecule has 4 saturated carbocycles. The average Bonchev–Trinajstić information content (AvgIpc) is 3.18. The van der Waals surface area contributed by atoms with Gasteiger partial charge in [0.1, 0.15) is 0 Å². The molecule has 0 amide bonds. The van der Waals surface area contributed by atoms with Crippen LogP contribution in [0.1, 0.15) is 79.1 Å². The number of aliphatic hydroxyl groups is 3. The summed E-state index contributed by atoms with van der Waals surface area (Å²) in [7, 11) is 0. The maximum atomic E-state index is 11.3. The minimum absolute atomic E-state index is 0.0870. The first-order valence-electron chi connectivity index (χ1n) is 13.4. The molecule has 32 heavy (non-hydrogen) atoms. The Kier molecular flexibility index (Phi) is 4.99. The van der Waals surface area contributed by atoms with Gasteiger partial charge in [-0.25, -0.2) is 0 Å². The van der Waals surface area contributed by atoms with Crippen molar-refractivity contribution in [3.8, 4) is 0 Å². The van der Waals surface area contributed by atoms with Gasteiger partial charge in [-0.1, -0.05) is 27.7 Å². The van der Waals surface area contributed by atoms with Crippen molar-refractivity contribution in [2.75, 3.05) is 6.61 Å².